The Balaban J connectivity index is 2.62. The van der Waals surface area contributed by atoms with Gasteiger partial charge in [0.1, 0.15) is 6.54 Å². The Morgan fingerprint density at radius 1 is 0.938 bits per heavy atom. The molecule has 0 fully saturated rings. The highest BCUT2D eigenvalue weighted by molar-refractivity contribution is 5.86. The molecule has 0 aliphatic rings. The van der Waals surface area contributed by atoms with Crippen LogP contribution in [0, 0.1) is 6.92 Å². The van der Waals surface area contributed by atoms with E-state index in [2.05, 4.69) is 64.5 Å². The van der Waals surface area contributed by atoms with Gasteiger partial charge in [-0.3, -0.25) is 0 Å². The molecule has 2 aromatic rings. The number of hydrogen-bond donors (Lipinski definition) is 0. The molecule has 0 aromatic heterocycles. The Bertz CT molecular complexity index is 506. The first-order chi connectivity index (χ1) is 7.47. The zero-order valence-electron chi connectivity index (χ0n) is 10.6. The van der Waals surface area contributed by atoms with Gasteiger partial charge in [-0.05, 0) is 23.3 Å². The summed E-state index contributed by atoms with van der Waals surface area (Å²) in [5.74, 6) is 0. The smallest absolute Gasteiger partial charge is 0.105 e. The lowest BCUT2D eigenvalue weighted by atomic mass is 9.99. The maximum Gasteiger partial charge on any atom is 0.105 e. The first-order valence-electron chi connectivity index (χ1n) is 5.75. The van der Waals surface area contributed by atoms with Crippen molar-refractivity contribution in [2.24, 2.45) is 0 Å². The lowest BCUT2D eigenvalue weighted by Crippen LogP contribution is -2.33. The molecule has 0 aliphatic heterocycles. The molecule has 0 radical (unpaired) electrons. The van der Waals surface area contributed by atoms with Crippen molar-refractivity contribution in [3.05, 3.63) is 47.5 Å². The third-order valence-corrected chi connectivity index (χ3v) is 2.91. The Hall–Kier alpha value is -1.34. The molecule has 2 aromatic carbocycles. The molecule has 0 heterocycles. The molecule has 0 spiro atoms. The lowest BCUT2D eigenvalue weighted by Gasteiger charge is -2.25. The quantitative estimate of drug-likeness (QED) is 0.672. The second-order valence-electron chi connectivity index (χ2n) is 5.53. The maximum atomic E-state index is 2.24. The van der Waals surface area contributed by atoms with Crippen LogP contribution in [-0.4, -0.2) is 25.6 Å². The van der Waals surface area contributed by atoms with Crippen LogP contribution in [0.3, 0.4) is 0 Å². The Morgan fingerprint density at radius 2 is 1.62 bits per heavy atom. The summed E-state index contributed by atoms with van der Waals surface area (Å²) in [5, 5.41) is 2.74. The summed E-state index contributed by atoms with van der Waals surface area (Å²) in [6, 6.07) is 13.1. The van der Waals surface area contributed by atoms with Crippen molar-refractivity contribution < 1.29 is 4.48 Å². The summed E-state index contributed by atoms with van der Waals surface area (Å²) in [5.41, 5.74) is 2.87. The molecular formula is C15H20N+. The van der Waals surface area contributed by atoms with Crippen molar-refractivity contribution in [1.29, 1.82) is 0 Å². The first kappa shape index (κ1) is 11.2. The molecule has 0 amide bonds. The van der Waals surface area contributed by atoms with Gasteiger partial charge < -0.3 is 4.48 Å². The molecular weight excluding hydrogens is 194 g/mol. The summed E-state index contributed by atoms with van der Waals surface area (Å²) >= 11 is 0. The van der Waals surface area contributed by atoms with Crippen LogP contribution < -0.4 is 0 Å². The van der Waals surface area contributed by atoms with Crippen LogP contribution in [0.2, 0.25) is 0 Å². The average Bonchev–Trinajstić information content (AvgIpc) is 2.21. The summed E-state index contributed by atoms with van der Waals surface area (Å²) in [6.07, 6.45) is 0. The minimum absolute atomic E-state index is 0.967. The molecule has 0 aliphatic carbocycles. The fourth-order valence-electron chi connectivity index (χ4n) is 2.13. The van der Waals surface area contributed by atoms with E-state index in [-0.39, 0.29) is 0 Å². The van der Waals surface area contributed by atoms with Crippen molar-refractivity contribution in [3.8, 4) is 0 Å². The Morgan fingerprint density at radius 3 is 2.31 bits per heavy atom. The topological polar surface area (TPSA) is 0 Å². The summed E-state index contributed by atoms with van der Waals surface area (Å²) in [6.45, 7) is 3.28. The van der Waals surface area contributed by atoms with E-state index in [1.54, 1.807) is 0 Å². The zero-order valence-corrected chi connectivity index (χ0v) is 10.6. The van der Waals surface area contributed by atoms with Gasteiger partial charge in [0.05, 0.1) is 21.1 Å². The normalized spacial score (nSPS) is 12.0. The number of nitrogens with zero attached hydrogens (tertiary/aromatic N) is 1. The van der Waals surface area contributed by atoms with Crippen molar-refractivity contribution in [1.82, 2.24) is 0 Å². The third kappa shape index (κ3) is 2.25. The van der Waals surface area contributed by atoms with Gasteiger partial charge in [0.2, 0.25) is 0 Å². The van der Waals surface area contributed by atoms with E-state index in [0.717, 1.165) is 11.0 Å². The van der Waals surface area contributed by atoms with Gasteiger partial charge in [-0.25, -0.2) is 0 Å². The molecule has 84 valence electrons. The van der Waals surface area contributed by atoms with Crippen LogP contribution in [0.5, 0.6) is 0 Å². The van der Waals surface area contributed by atoms with Crippen LogP contribution >= 0.6 is 0 Å². The first-order valence-corrected chi connectivity index (χ1v) is 5.75. The standard InChI is InChI=1S/C15H20N/c1-12-9-10-13-7-5-6-8-14(13)15(12)11-16(2,3)4/h5-10H,11H2,1-4H3/q+1. The van der Waals surface area contributed by atoms with E-state index in [1.807, 2.05) is 0 Å². The molecule has 0 saturated heterocycles. The number of aryl methyl sites for hydroxylation is 1. The monoisotopic (exact) mass is 214 g/mol. The van der Waals surface area contributed by atoms with Gasteiger partial charge in [0.25, 0.3) is 0 Å². The van der Waals surface area contributed by atoms with Gasteiger partial charge in [0.15, 0.2) is 0 Å². The molecule has 1 nitrogen and oxygen atoms in total. The van der Waals surface area contributed by atoms with Crippen molar-refractivity contribution in [3.63, 3.8) is 0 Å². The number of benzene rings is 2. The SMILES string of the molecule is Cc1ccc2ccccc2c1C[N+](C)(C)C. The molecule has 0 bridgehead atoms. The summed E-state index contributed by atoms with van der Waals surface area (Å²) < 4.78 is 0.967. The van der Waals surface area contributed by atoms with E-state index in [9.17, 15) is 0 Å². The van der Waals surface area contributed by atoms with Crippen molar-refractivity contribution in [2.45, 2.75) is 13.5 Å². The van der Waals surface area contributed by atoms with Crippen LogP contribution in [0.1, 0.15) is 11.1 Å². The summed E-state index contributed by atoms with van der Waals surface area (Å²) in [7, 11) is 6.71. The minimum atomic E-state index is 0.967. The predicted octanol–water partition coefficient (Wildman–Crippen LogP) is 3.35. The van der Waals surface area contributed by atoms with Gasteiger partial charge in [-0.15, -0.1) is 0 Å². The van der Waals surface area contributed by atoms with Crippen LogP contribution in [0.15, 0.2) is 36.4 Å². The number of fused-ring (bicyclic) bond motifs is 1. The molecule has 16 heavy (non-hydrogen) atoms. The molecule has 0 N–H and O–H groups in total. The third-order valence-electron chi connectivity index (χ3n) is 2.91. The zero-order chi connectivity index (χ0) is 11.8. The van der Waals surface area contributed by atoms with E-state index in [0.29, 0.717) is 0 Å². The van der Waals surface area contributed by atoms with E-state index >= 15 is 0 Å². The number of quaternary nitrogens is 1. The van der Waals surface area contributed by atoms with Crippen molar-refractivity contribution >= 4 is 10.8 Å². The second kappa shape index (κ2) is 3.91. The molecule has 0 atom stereocenters. The van der Waals surface area contributed by atoms with E-state index in [1.165, 1.54) is 21.9 Å². The van der Waals surface area contributed by atoms with Gasteiger partial charge >= 0.3 is 0 Å². The minimum Gasteiger partial charge on any atom is -0.327 e. The van der Waals surface area contributed by atoms with Crippen molar-refractivity contribution in [2.75, 3.05) is 21.1 Å². The van der Waals surface area contributed by atoms with Gasteiger partial charge in [0, 0.05) is 5.56 Å². The van der Waals surface area contributed by atoms with Gasteiger partial charge in [-0.1, -0.05) is 36.4 Å². The highest BCUT2D eigenvalue weighted by Crippen LogP contribution is 2.24. The van der Waals surface area contributed by atoms with Crippen LogP contribution in [0.4, 0.5) is 0 Å². The summed E-state index contributed by atoms with van der Waals surface area (Å²) in [4.78, 5) is 0. The van der Waals surface area contributed by atoms with Crippen LogP contribution in [-0.2, 0) is 6.54 Å². The lowest BCUT2D eigenvalue weighted by molar-refractivity contribution is -0.883. The molecule has 1 heteroatoms. The average molecular weight is 214 g/mol. The van der Waals surface area contributed by atoms with Gasteiger partial charge in [-0.2, -0.15) is 0 Å². The number of rotatable bonds is 2. The van der Waals surface area contributed by atoms with Crippen LogP contribution in [0.25, 0.3) is 10.8 Å². The highest BCUT2D eigenvalue weighted by Gasteiger charge is 2.13. The Kier molecular flexibility index (Phi) is 2.73. The molecule has 2 rings (SSSR count). The largest absolute Gasteiger partial charge is 0.327 e. The predicted molar refractivity (Wildman–Crippen MR) is 70.4 cm³/mol. The molecule has 0 saturated carbocycles. The Labute approximate surface area is 97.9 Å². The van der Waals surface area contributed by atoms with E-state index in [4.69, 9.17) is 0 Å². The number of hydrogen-bond acceptors (Lipinski definition) is 0. The maximum absolute atomic E-state index is 2.24. The second-order valence-corrected chi connectivity index (χ2v) is 5.53. The van der Waals surface area contributed by atoms with E-state index < -0.39 is 0 Å². The molecule has 0 unspecified atom stereocenters. The fraction of sp³-hybridized carbons (Fsp3) is 0.333. The highest BCUT2D eigenvalue weighted by atomic mass is 15.3. The fourth-order valence-corrected chi connectivity index (χ4v) is 2.13.